The van der Waals surface area contributed by atoms with E-state index < -0.39 is 0 Å². The molecular weight excluding hydrogens is 833 g/mol. The number of anilines is 3. The van der Waals surface area contributed by atoms with Crippen LogP contribution >= 0.6 is 0 Å². The number of allylic oxidation sites excluding steroid dienone is 5. The van der Waals surface area contributed by atoms with Crippen LogP contribution in [0.5, 0.6) is 0 Å². The second kappa shape index (κ2) is 16.5. The van der Waals surface area contributed by atoms with Crippen molar-refractivity contribution in [3.63, 3.8) is 0 Å². The topological polar surface area (TPSA) is 8.17 Å². The number of fused-ring (bicyclic) bond motifs is 6. The Labute approximate surface area is 405 Å². The second-order valence-corrected chi connectivity index (χ2v) is 19.5. The van der Waals surface area contributed by atoms with Gasteiger partial charge in [-0.1, -0.05) is 178 Å². The summed E-state index contributed by atoms with van der Waals surface area (Å²) in [4.78, 5) is 2.56. The monoisotopic (exact) mass is 884 g/mol. The normalized spacial score (nSPS) is 14.5. The van der Waals surface area contributed by atoms with E-state index >= 15 is 0 Å². The molecule has 0 unspecified atom stereocenters. The van der Waals surface area contributed by atoms with E-state index in [1.54, 1.807) is 0 Å². The number of aromatic nitrogens is 1. The van der Waals surface area contributed by atoms with Crippen LogP contribution in [0.4, 0.5) is 17.1 Å². The fourth-order valence-electron chi connectivity index (χ4n) is 11.8. The zero-order valence-corrected chi connectivity index (χ0v) is 39.2. The van der Waals surface area contributed by atoms with Crippen LogP contribution in [0.3, 0.4) is 0 Å². The highest BCUT2D eigenvalue weighted by Gasteiger charge is 2.37. The van der Waals surface area contributed by atoms with E-state index in [0.29, 0.717) is 0 Å². The Morgan fingerprint density at radius 3 is 1.90 bits per heavy atom. The summed E-state index contributed by atoms with van der Waals surface area (Å²) in [5.74, 6) is 0. The summed E-state index contributed by atoms with van der Waals surface area (Å²) in [6.45, 7) is 4.79. The minimum atomic E-state index is -0.0166. The molecule has 3 aliphatic rings. The molecule has 10 aromatic rings. The van der Waals surface area contributed by atoms with Gasteiger partial charge in [0.1, 0.15) is 0 Å². The maximum Gasteiger partial charge on any atom is 0.0541 e. The maximum atomic E-state index is 2.56. The molecule has 1 heterocycles. The van der Waals surface area contributed by atoms with E-state index in [1.807, 2.05) is 0 Å². The third kappa shape index (κ3) is 6.93. The molecule has 2 heteroatoms. The van der Waals surface area contributed by atoms with Crippen LogP contribution in [0.2, 0.25) is 0 Å². The van der Waals surface area contributed by atoms with E-state index in [0.717, 1.165) is 31.4 Å². The first-order valence-corrected chi connectivity index (χ1v) is 24.6. The Morgan fingerprint density at radius 2 is 1.07 bits per heavy atom. The number of rotatable bonds is 8. The highest BCUT2D eigenvalue weighted by molar-refractivity contribution is 6.11. The molecule has 13 rings (SSSR count). The first-order valence-electron chi connectivity index (χ1n) is 24.6. The van der Waals surface area contributed by atoms with E-state index in [1.165, 1.54) is 117 Å². The lowest BCUT2D eigenvalue weighted by Gasteiger charge is -2.32. The first kappa shape index (κ1) is 41.0. The van der Waals surface area contributed by atoms with Crippen LogP contribution in [0, 0.1) is 0 Å². The molecule has 0 N–H and O–H groups in total. The van der Waals surface area contributed by atoms with Crippen molar-refractivity contribution in [2.45, 2.75) is 44.9 Å². The highest BCUT2D eigenvalue weighted by atomic mass is 15.1. The van der Waals surface area contributed by atoms with Gasteiger partial charge >= 0.3 is 0 Å². The van der Waals surface area contributed by atoms with Crippen molar-refractivity contribution in [3.05, 3.63) is 252 Å². The summed E-state index contributed by atoms with van der Waals surface area (Å²) in [6.07, 6.45) is 13.6. The molecule has 0 aliphatic heterocycles. The SMILES string of the molecule is CC1(C)C2=C(CCC=C2)c2cc(N(c3ccccc3-c3cccc(-c4ccc5c(c4)c4ccccc4n5-c4cc(-c5ccccc5)cc(-c5ccccc5)c4)c3)c3cccc4c3CCC=C4)ccc21. The molecule has 0 atom stereocenters. The number of hydrogen-bond acceptors (Lipinski definition) is 1. The van der Waals surface area contributed by atoms with Crippen LogP contribution in [0.1, 0.15) is 55.4 Å². The van der Waals surface area contributed by atoms with Gasteiger partial charge in [0.2, 0.25) is 0 Å². The Morgan fingerprint density at radius 1 is 0.435 bits per heavy atom. The zero-order chi connectivity index (χ0) is 46.1. The summed E-state index contributed by atoms with van der Waals surface area (Å²) < 4.78 is 2.45. The Hall–Kier alpha value is -8.20. The van der Waals surface area contributed by atoms with Crippen molar-refractivity contribution in [1.82, 2.24) is 4.57 Å². The minimum Gasteiger partial charge on any atom is -0.310 e. The molecule has 0 amide bonds. The average Bonchev–Trinajstić information content (AvgIpc) is 3.86. The van der Waals surface area contributed by atoms with Crippen LogP contribution in [-0.4, -0.2) is 4.57 Å². The van der Waals surface area contributed by atoms with Crippen LogP contribution < -0.4 is 4.90 Å². The molecule has 0 bridgehead atoms. The van der Waals surface area contributed by atoms with Crippen molar-refractivity contribution < 1.29 is 0 Å². The predicted octanol–water partition coefficient (Wildman–Crippen LogP) is 18.3. The second-order valence-electron chi connectivity index (χ2n) is 19.5. The fourth-order valence-corrected chi connectivity index (χ4v) is 11.8. The highest BCUT2D eigenvalue weighted by Crippen LogP contribution is 2.53. The van der Waals surface area contributed by atoms with E-state index in [4.69, 9.17) is 0 Å². The van der Waals surface area contributed by atoms with Crippen LogP contribution in [-0.2, 0) is 11.8 Å². The van der Waals surface area contributed by atoms with Gasteiger partial charge in [-0.25, -0.2) is 0 Å². The lowest BCUT2D eigenvalue weighted by Crippen LogP contribution is -2.17. The van der Waals surface area contributed by atoms with Gasteiger partial charge in [0.05, 0.1) is 16.7 Å². The van der Waals surface area contributed by atoms with Crippen molar-refractivity contribution in [1.29, 1.82) is 0 Å². The van der Waals surface area contributed by atoms with Crippen molar-refractivity contribution in [2.75, 3.05) is 4.90 Å². The molecular formula is C67H52N2. The van der Waals surface area contributed by atoms with Crippen molar-refractivity contribution >= 4 is 50.5 Å². The number of nitrogens with zero attached hydrogens (tertiary/aromatic N) is 2. The van der Waals surface area contributed by atoms with Crippen molar-refractivity contribution in [3.8, 4) is 50.2 Å². The van der Waals surface area contributed by atoms with Gasteiger partial charge in [0.25, 0.3) is 0 Å². The van der Waals surface area contributed by atoms with Gasteiger partial charge in [-0.3, -0.25) is 0 Å². The Balaban J connectivity index is 0.944. The molecule has 2 nitrogen and oxygen atoms in total. The lowest BCUT2D eigenvalue weighted by molar-refractivity contribution is 0.651. The van der Waals surface area contributed by atoms with Gasteiger partial charge in [0.15, 0.2) is 0 Å². The van der Waals surface area contributed by atoms with Gasteiger partial charge in [0, 0.05) is 38.8 Å². The van der Waals surface area contributed by atoms with Gasteiger partial charge in [-0.2, -0.15) is 0 Å². The summed E-state index contributed by atoms with van der Waals surface area (Å²) in [5, 5.41) is 2.48. The average molecular weight is 885 g/mol. The molecule has 9 aromatic carbocycles. The van der Waals surface area contributed by atoms with E-state index in [9.17, 15) is 0 Å². The van der Waals surface area contributed by atoms with Crippen LogP contribution in [0.25, 0.3) is 83.6 Å². The van der Waals surface area contributed by atoms with Crippen LogP contribution in [0.15, 0.2) is 230 Å². The van der Waals surface area contributed by atoms with Gasteiger partial charge < -0.3 is 9.47 Å². The third-order valence-corrected chi connectivity index (χ3v) is 15.1. The molecule has 330 valence electrons. The lowest BCUT2D eigenvalue weighted by atomic mass is 9.80. The first-order chi connectivity index (χ1) is 34.0. The largest absolute Gasteiger partial charge is 0.310 e. The molecule has 0 saturated carbocycles. The maximum absolute atomic E-state index is 2.56. The fraction of sp³-hybridized carbons (Fsp3) is 0.104. The quantitative estimate of drug-likeness (QED) is 0.148. The molecule has 0 saturated heterocycles. The molecule has 1 aromatic heterocycles. The predicted molar refractivity (Wildman–Crippen MR) is 293 cm³/mol. The van der Waals surface area contributed by atoms with Gasteiger partial charge in [-0.05, 0) is 165 Å². The summed E-state index contributed by atoms with van der Waals surface area (Å²) in [5.41, 5.74) is 25.3. The van der Waals surface area contributed by atoms with E-state index in [-0.39, 0.29) is 5.41 Å². The Bertz CT molecular complexity index is 3690. The molecule has 0 radical (unpaired) electrons. The van der Waals surface area contributed by atoms with Crippen molar-refractivity contribution in [2.24, 2.45) is 0 Å². The molecule has 69 heavy (non-hydrogen) atoms. The number of benzene rings is 9. The summed E-state index contributed by atoms with van der Waals surface area (Å²) in [7, 11) is 0. The minimum absolute atomic E-state index is 0.0166. The summed E-state index contributed by atoms with van der Waals surface area (Å²) in [6, 6.07) is 76.8. The third-order valence-electron chi connectivity index (χ3n) is 15.1. The number of hydrogen-bond donors (Lipinski definition) is 0. The standard InChI is InChI=1S/C67H52N2/c1-67(2)61-31-14-11-29-57(61)59-44-53(36-37-62(59)67)68(64-34-18-24-47-23-9-10-27-55(47)64)63-32-15-12-28-56(63)50-26-17-25-48(39-50)49-35-38-66-60(43-49)58-30-13-16-33-65(58)69(66)54-41-51(45-19-5-3-6-20-45)40-52(42-54)46-21-7-4-8-22-46/h3-9,12-26,28,30-44H,10-11,27,29H2,1-2H3. The molecule has 0 fully saturated rings. The molecule has 0 spiro atoms. The number of para-hydroxylation sites is 2. The Kier molecular flexibility index (Phi) is 9.83. The zero-order valence-electron chi connectivity index (χ0n) is 39.2. The van der Waals surface area contributed by atoms with Gasteiger partial charge in [-0.15, -0.1) is 0 Å². The molecule has 3 aliphatic carbocycles. The summed E-state index contributed by atoms with van der Waals surface area (Å²) >= 11 is 0. The van der Waals surface area contributed by atoms with E-state index in [2.05, 4.69) is 254 Å². The smallest absolute Gasteiger partial charge is 0.0541 e.